The van der Waals surface area contributed by atoms with E-state index in [1.165, 1.54) is 80.7 Å². The Morgan fingerprint density at radius 3 is 2.18 bits per heavy atom. The standard InChI is InChI=1S/C36H25NS/c1-22-16-19-31-35(34(22)29-21-30-27-14-8-9-15-32(27)38-33(30)20-23(29)2)28-18-17-24-10-6-7-13-26(24)36(28)37(31)25-11-4-3-5-12-25/h3-21H,1-2H3. The minimum Gasteiger partial charge on any atom is -0.309 e. The first-order valence-electron chi connectivity index (χ1n) is 13.1. The lowest BCUT2D eigenvalue weighted by atomic mass is 9.91. The molecule has 8 rings (SSSR count). The Labute approximate surface area is 225 Å². The molecule has 0 aliphatic heterocycles. The Kier molecular flexibility index (Phi) is 4.59. The molecular formula is C36H25NS. The van der Waals surface area contributed by atoms with Gasteiger partial charge in [-0.05, 0) is 77.9 Å². The van der Waals surface area contributed by atoms with Gasteiger partial charge < -0.3 is 4.57 Å². The summed E-state index contributed by atoms with van der Waals surface area (Å²) in [5, 5.41) is 7.87. The summed E-state index contributed by atoms with van der Waals surface area (Å²) in [5.74, 6) is 0. The minimum atomic E-state index is 1.19. The van der Waals surface area contributed by atoms with Gasteiger partial charge in [0.15, 0.2) is 0 Å². The van der Waals surface area contributed by atoms with Crippen LogP contribution in [0.5, 0.6) is 0 Å². The van der Waals surface area contributed by atoms with Crippen LogP contribution in [0.2, 0.25) is 0 Å². The molecule has 2 heteroatoms. The predicted molar refractivity (Wildman–Crippen MR) is 166 cm³/mol. The summed E-state index contributed by atoms with van der Waals surface area (Å²) in [4.78, 5) is 0. The van der Waals surface area contributed by atoms with Crippen molar-refractivity contribution in [3.8, 4) is 16.8 Å². The van der Waals surface area contributed by atoms with Crippen molar-refractivity contribution in [3.05, 3.63) is 126 Å². The molecule has 0 saturated heterocycles. The van der Waals surface area contributed by atoms with Crippen LogP contribution < -0.4 is 0 Å². The molecule has 0 radical (unpaired) electrons. The fourth-order valence-electron chi connectivity index (χ4n) is 6.31. The van der Waals surface area contributed by atoms with Crippen molar-refractivity contribution in [2.24, 2.45) is 0 Å². The van der Waals surface area contributed by atoms with Crippen LogP contribution >= 0.6 is 11.3 Å². The summed E-state index contributed by atoms with van der Waals surface area (Å²) < 4.78 is 5.17. The molecule has 0 fully saturated rings. The number of aromatic nitrogens is 1. The van der Waals surface area contributed by atoms with Gasteiger partial charge in [0.1, 0.15) is 0 Å². The zero-order chi connectivity index (χ0) is 25.4. The lowest BCUT2D eigenvalue weighted by Crippen LogP contribution is -1.95. The van der Waals surface area contributed by atoms with Gasteiger partial charge in [-0.1, -0.05) is 78.9 Å². The normalized spacial score (nSPS) is 11.9. The largest absolute Gasteiger partial charge is 0.309 e. The molecule has 0 unspecified atom stereocenters. The summed E-state index contributed by atoms with van der Waals surface area (Å²) in [7, 11) is 0. The molecule has 0 saturated carbocycles. The first-order valence-corrected chi connectivity index (χ1v) is 13.9. The van der Waals surface area contributed by atoms with Crippen molar-refractivity contribution in [1.82, 2.24) is 4.57 Å². The Hall–Kier alpha value is -4.40. The van der Waals surface area contributed by atoms with Crippen LogP contribution in [0.1, 0.15) is 11.1 Å². The highest BCUT2D eigenvalue weighted by Crippen LogP contribution is 2.45. The van der Waals surface area contributed by atoms with Gasteiger partial charge in [0, 0.05) is 42.0 Å². The van der Waals surface area contributed by atoms with E-state index in [9.17, 15) is 0 Å². The van der Waals surface area contributed by atoms with Crippen LogP contribution in [-0.2, 0) is 0 Å². The number of rotatable bonds is 2. The second-order valence-corrected chi connectivity index (χ2v) is 11.4. The van der Waals surface area contributed by atoms with Crippen molar-refractivity contribution >= 4 is 64.1 Å². The Morgan fingerprint density at radius 2 is 1.32 bits per heavy atom. The number of para-hydroxylation sites is 1. The molecule has 6 aromatic carbocycles. The van der Waals surface area contributed by atoms with E-state index in [-0.39, 0.29) is 0 Å². The number of fused-ring (bicyclic) bond motifs is 8. The maximum atomic E-state index is 2.46. The molecule has 0 spiro atoms. The van der Waals surface area contributed by atoms with E-state index in [2.05, 4.69) is 134 Å². The molecule has 0 atom stereocenters. The summed E-state index contributed by atoms with van der Waals surface area (Å²) >= 11 is 1.89. The molecular weight excluding hydrogens is 478 g/mol. The van der Waals surface area contributed by atoms with Gasteiger partial charge in [0.25, 0.3) is 0 Å². The SMILES string of the molecule is Cc1cc2sc3ccccc3c2cc1-c1c(C)ccc2c1c1ccc3ccccc3c1n2-c1ccccc1. The van der Waals surface area contributed by atoms with Gasteiger partial charge in [-0.3, -0.25) is 0 Å². The number of benzene rings is 6. The molecule has 2 aromatic heterocycles. The van der Waals surface area contributed by atoms with E-state index in [1.807, 2.05) is 11.3 Å². The second-order valence-electron chi connectivity index (χ2n) is 10.3. The van der Waals surface area contributed by atoms with Crippen LogP contribution in [0.3, 0.4) is 0 Å². The lowest BCUT2D eigenvalue weighted by molar-refractivity contribution is 1.18. The monoisotopic (exact) mass is 503 g/mol. The van der Waals surface area contributed by atoms with Gasteiger partial charge in [-0.2, -0.15) is 0 Å². The molecule has 8 aromatic rings. The van der Waals surface area contributed by atoms with Crippen molar-refractivity contribution in [3.63, 3.8) is 0 Å². The highest BCUT2D eigenvalue weighted by molar-refractivity contribution is 7.25. The highest BCUT2D eigenvalue weighted by atomic mass is 32.1. The molecule has 0 aliphatic carbocycles. The smallest absolute Gasteiger partial charge is 0.0619 e. The third-order valence-corrected chi connectivity index (χ3v) is 9.17. The van der Waals surface area contributed by atoms with Gasteiger partial charge >= 0.3 is 0 Å². The maximum Gasteiger partial charge on any atom is 0.0619 e. The highest BCUT2D eigenvalue weighted by Gasteiger charge is 2.21. The van der Waals surface area contributed by atoms with Crippen molar-refractivity contribution in [2.45, 2.75) is 13.8 Å². The molecule has 1 nitrogen and oxygen atoms in total. The van der Waals surface area contributed by atoms with Crippen LogP contribution in [0.25, 0.3) is 69.6 Å². The maximum absolute atomic E-state index is 2.46. The van der Waals surface area contributed by atoms with Gasteiger partial charge in [0.2, 0.25) is 0 Å². The molecule has 180 valence electrons. The average molecular weight is 504 g/mol. The summed E-state index contributed by atoms with van der Waals surface area (Å²) in [6, 6.07) is 42.4. The Bertz CT molecular complexity index is 2190. The van der Waals surface area contributed by atoms with Crippen LogP contribution in [-0.4, -0.2) is 4.57 Å². The Balaban J connectivity index is 1.57. The van der Waals surface area contributed by atoms with Gasteiger partial charge in [-0.25, -0.2) is 0 Å². The third kappa shape index (κ3) is 2.98. The molecule has 2 heterocycles. The first-order chi connectivity index (χ1) is 18.7. The van der Waals surface area contributed by atoms with E-state index >= 15 is 0 Å². The number of thiophene rings is 1. The fraction of sp³-hybridized carbons (Fsp3) is 0.0556. The van der Waals surface area contributed by atoms with E-state index in [1.54, 1.807) is 0 Å². The summed E-state index contributed by atoms with van der Waals surface area (Å²) in [5.41, 5.74) is 9.00. The molecule has 0 amide bonds. The van der Waals surface area contributed by atoms with Crippen LogP contribution in [0.4, 0.5) is 0 Å². The summed E-state index contributed by atoms with van der Waals surface area (Å²) in [6.07, 6.45) is 0. The number of hydrogen-bond acceptors (Lipinski definition) is 1. The van der Waals surface area contributed by atoms with Gasteiger partial charge in [0.05, 0.1) is 11.0 Å². The third-order valence-electron chi connectivity index (χ3n) is 8.03. The predicted octanol–water partition coefficient (Wildman–Crippen LogP) is 10.6. The zero-order valence-corrected chi connectivity index (χ0v) is 22.1. The fourth-order valence-corrected chi connectivity index (χ4v) is 7.49. The number of nitrogens with zero attached hydrogens (tertiary/aromatic N) is 1. The Morgan fingerprint density at radius 1 is 0.553 bits per heavy atom. The molecule has 0 N–H and O–H groups in total. The topological polar surface area (TPSA) is 4.93 Å². The second kappa shape index (κ2) is 8.05. The summed E-state index contributed by atoms with van der Waals surface area (Å²) in [6.45, 7) is 4.53. The average Bonchev–Trinajstić information content (AvgIpc) is 3.48. The van der Waals surface area contributed by atoms with E-state index < -0.39 is 0 Å². The van der Waals surface area contributed by atoms with Crippen LogP contribution in [0, 0.1) is 13.8 Å². The van der Waals surface area contributed by atoms with Crippen molar-refractivity contribution < 1.29 is 0 Å². The molecule has 0 bridgehead atoms. The van der Waals surface area contributed by atoms with E-state index in [0.29, 0.717) is 0 Å². The van der Waals surface area contributed by atoms with Gasteiger partial charge in [-0.15, -0.1) is 11.3 Å². The van der Waals surface area contributed by atoms with Crippen LogP contribution in [0.15, 0.2) is 115 Å². The lowest BCUT2D eigenvalue weighted by Gasteiger charge is -2.14. The minimum absolute atomic E-state index is 1.19. The van der Waals surface area contributed by atoms with Crippen molar-refractivity contribution in [2.75, 3.05) is 0 Å². The molecule has 0 aliphatic rings. The number of aryl methyl sites for hydroxylation is 2. The van der Waals surface area contributed by atoms with Crippen molar-refractivity contribution in [1.29, 1.82) is 0 Å². The first kappa shape index (κ1) is 21.7. The molecule has 38 heavy (non-hydrogen) atoms. The number of hydrogen-bond donors (Lipinski definition) is 0. The zero-order valence-electron chi connectivity index (χ0n) is 21.3. The quantitative estimate of drug-likeness (QED) is 0.221. The van der Waals surface area contributed by atoms with E-state index in [0.717, 1.165) is 0 Å². The van der Waals surface area contributed by atoms with E-state index in [4.69, 9.17) is 0 Å².